The number of nitrogens with zero attached hydrogens (tertiary/aromatic N) is 1. The normalized spacial score (nSPS) is 11.5. The van der Waals surface area contributed by atoms with Gasteiger partial charge >= 0.3 is 0 Å². The minimum Gasteiger partial charge on any atom is -0.383 e. The molecule has 0 amide bonds. The fourth-order valence-electron chi connectivity index (χ4n) is 1.51. The molecule has 118 valence electrons. The molecule has 1 rings (SSSR count). The first kappa shape index (κ1) is 17.8. The van der Waals surface area contributed by atoms with Crippen LogP contribution in [0.5, 0.6) is 0 Å². The van der Waals surface area contributed by atoms with Gasteiger partial charge < -0.3 is 10.1 Å². The standard InChI is InChI=1S/C11H16ClN3O5S/c1-20-7-6-13-4-5-14-21(18,19)11-3-2-9(12)8-10(11)15(16)17/h2-3,8,13-14H,4-7H2,1H3. The van der Waals surface area contributed by atoms with Crippen molar-refractivity contribution in [3.8, 4) is 0 Å². The number of nitro benzene ring substituents is 1. The Balaban J connectivity index is 2.72. The first-order valence-corrected chi connectivity index (χ1v) is 7.88. The average molecular weight is 338 g/mol. The van der Waals surface area contributed by atoms with E-state index in [1.165, 1.54) is 6.07 Å². The summed E-state index contributed by atoms with van der Waals surface area (Å²) < 4.78 is 31.2. The van der Waals surface area contributed by atoms with E-state index in [1.807, 2.05) is 0 Å². The highest BCUT2D eigenvalue weighted by Gasteiger charge is 2.25. The Morgan fingerprint density at radius 2 is 2.05 bits per heavy atom. The summed E-state index contributed by atoms with van der Waals surface area (Å²) in [6, 6.07) is 3.41. The van der Waals surface area contributed by atoms with E-state index in [1.54, 1.807) is 7.11 Å². The van der Waals surface area contributed by atoms with E-state index in [0.717, 1.165) is 12.1 Å². The van der Waals surface area contributed by atoms with E-state index in [-0.39, 0.29) is 11.6 Å². The topological polar surface area (TPSA) is 111 Å². The van der Waals surface area contributed by atoms with Crippen molar-refractivity contribution in [2.75, 3.05) is 33.4 Å². The number of halogens is 1. The third kappa shape index (κ3) is 5.56. The fourth-order valence-corrected chi connectivity index (χ4v) is 2.86. The van der Waals surface area contributed by atoms with E-state index in [9.17, 15) is 18.5 Å². The molecule has 0 saturated heterocycles. The third-order valence-corrected chi connectivity index (χ3v) is 4.23. The molecule has 1 aromatic carbocycles. The van der Waals surface area contributed by atoms with Crippen molar-refractivity contribution in [3.05, 3.63) is 33.3 Å². The summed E-state index contributed by atoms with van der Waals surface area (Å²) in [5.41, 5.74) is -0.553. The molecule has 0 aliphatic heterocycles. The number of hydrogen-bond donors (Lipinski definition) is 2. The number of sulfonamides is 1. The quantitative estimate of drug-likeness (QED) is 0.391. The Bertz CT molecular complexity index is 594. The highest BCUT2D eigenvalue weighted by molar-refractivity contribution is 7.89. The molecule has 0 heterocycles. The summed E-state index contributed by atoms with van der Waals surface area (Å²) >= 11 is 5.64. The maximum atomic E-state index is 12.0. The van der Waals surface area contributed by atoms with Gasteiger partial charge in [0.1, 0.15) is 0 Å². The molecular formula is C11H16ClN3O5S. The third-order valence-electron chi connectivity index (χ3n) is 2.48. The Morgan fingerprint density at radius 1 is 1.33 bits per heavy atom. The number of rotatable bonds is 9. The van der Waals surface area contributed by atoms with Crippen molar-refractivity contribution < 1.29 is 18.1 Å². The molecule has 1 aromatic rings. The molecule has 0 atom stereocenters. The second kappa shape index (κ2) is 8.25. The summed E-state index contributed by atoms with van der Waals surface area (Å²) in [5.74, 6) is 0. The van der Waals surface area contributed by atoms with Gasteiger partial charge in [0.25, 0.3) is 5.69 Å². The second-order valence-corrected chi connectivity index (χ2v) is 6.18. The minimum absolute atomic E-state index is 0.0990. The SMILES string of the molecule is COCCNCCNS(=O)(=O)c1ccc(Cl)cc1[N+](=O)[O-]. The number of nitrogens with one attached hydrogen (secondary N) is 2. The van der Waals surface area contributed by atoms with Crippen molar-refractivity contribution in [3.63, 3.8) is 0 Å². The molecule has 8 nitrogen and oxygen atoms in total. The van der Waals surface area contributed by atoms with Crippen LogP contribution in [0.15, 0.2) is 23.1 Å². The minimum atomic E-state index is -3.97. The van der Waals surface area contributed by atoms with E-state index in [4.69, 9.17) is 16.3 Å². The Kier molecular flexibility index (Phi) is 6.99. The van der Waals surface area contributed by atoms with Crippen LogP contribution in [-0.2, 0) is 14.8 Å². The smallest absolute Gasteiger partial charge is 0.290 e. The van der Waals surface area contributed by atoms with E-state index in [0.29, 0.717) is 19.7 Å². The van der Waals surface area contributed by atoms with E-state index < -0.39 is 25.5 Å². The van der Waals surface area contributed by atoms with Gasteiger partial charge in [-0.2, -0.15) is 0 Å². The number of nitro groups is 1. The van der Waals surface area contributed by atoms with E-state index in [2.05, 4.69) is 10.0 Å². The van der Waals surface area contributed by atoms with Crippen molar-refractivity contribution in [2.45, 2.75) is 4.90 Å². The van der Waals surface area contributed by atoms with Crippen LogP contribution in [0.3, 0.4) is 0 Å². The molecule has 0 spiro atoms. The van der Waals surface area contributed by atoms with Crippen molar-refractivity contribution in [1.29, 1.82) is 0 Å². The first-order valence-electron chi connectivity index (χ1n) is 6.01. The highest BCUT2D eigenvalue weighted by atomic mass is 35.5. The lowest BCUT2D eigenvalue weighted by Gasteiger charge is -2.08. The zero-order valence-electron chi connectivity index (χ0n) is 11.3. The van der Waals surface area contributed by atoms with Gasteiger partial charge in [0.15, 0.2) is 4.90 Å². The maximum Gasteiger partial charge on any atom is 0.290 e. The molecule has 0 unspecified atom stereocenters. The predicted molar refractivity (Wildman–Crippen MR) is 78.0 cm³/mol. The summed E-state index contributed by atoms with van der Waals surface area (Å²) in [7, 11) is -2.41. The molecule has 0 aliphatic rings. The Hall–Kier alpha value is -1.26. The molecule has 2 N–H and O–H groups in total. The zero-order chi connectivity index (χ0) is 15.9. The summed E-state index contributed by atoms with van der Waals surface area (Å²) in [6.45, 7) is 1.57. The molecule has 21 heavy (non-hydrogen) atoms. The monoisotopic (exact) mass is 337 g/mol. The number of methoxy groups -OCH3 is 1. The first-order chi connectivity index (χ1) is 9.88. The number of ether oxygens (including phenoxy) is 1. The second-order valence-electron chi connectivity index (χ2n) is 4.01. The Labute approximate surface area is 127 Å². The molecular weight excluding hydrogens is 322 g/mol. The molecule has 0 saturated carbocycles. The van der Waals surface area contributed by atoms with Crippen LogP contribution >= 0.6 is 11.6 Å². The molecule has 0 bridgehead atoms. The van der Waals surface area contributed by atoms with Crippen LogP contribution in [0.4, 0.5) is 5.69 Å². The number of benzene rings is 1. The lowest BCUT2D eigenvalue weighted by Crippen LogP contribution is -2.33. The summed E-state index contributed by atoms with van der Waals surface area (Å²) in [4.78, 5) is 9.71. The van der Waals surface area contributed by atoms with Crippen molar-refractivity contribution in [2.24, 2.45) is 0 Å². The lowest BCUT2D eigenvalue weighted by molar-refractivity contribution is -0.387. The van der Waals surface area contributed by atoms with Crippen molar-refractivity contribution >= 4 is 27.3 Å². The van der Waals surface area contributed by atoms with E-state index >= 15 is 0 Å². The molecule has 0 aliphatic carbocycles. The average Bonchev–Trinajstić information content (AvgIpc) is 2.42. The molecule has 0 fully saturated rings. The van der Waals surface area contributed by atoms with Gasteiger partial charge in [-0.15, -0.1) is 0 Å². The zero-order valence-corrected chi connectivity index (χ0v) is 12.9. The fraction of sp³-hybridized carbons (Fsp3) is 0.455. The lowest BCUT2D eigenvalue weighted by atomic mass is 10.3. The predicted octanol–water partition coefficient (Wildman–Crippen LogP) is 0.763. The van der Waals surface area contributed by atoms with Gasteiger partial charge in [-0.05, 0) is 12.1 Å². The molecule has 10 heteroatoms. The van der Waals surface area contributed by atoms with Crippen LogP contribution in [0.25, 0.3) is 0 Å². The maximum absolute atomic E-state index is 12.0. The van der Waals surface area contributed by atoms with Gasteiger partial charge in [-0.25, -0.2) is 13.1 Å². The Morgan fingerprint density at radius 3 is 2.67 bits per heavy atom. The van der Waals surface area contributed by atoms with Gasteiger partial charge in [0.2, 0.25) is 10.0 Å². The van der Waals surface area contributed by atoms with Crippen LogP contribution in [-0.4, -0.2) is 46.7 Å². The summed E-state index contributed by atoms with van der Waals surface area (Å²) in [6.07, 6.45) is 0. The number of hydrogen-bond acceptors (Lipinski definition) is 6. The van der Waals surface area contributed by atoms with Crippen LogP contribution < -0.4 is 10.0 Å². The van der Waals surface area contributed by atoms with Gasteiger partial charge in [-0.1, -0.05) is 11.6 Å². The highest BCUT2D eigenvalue weighted by Crippen LogP contribution is 2.26. The van der Waals surface area contributed by atoms with Crippen LogP contribution in [0, 0.1) is 10.1 Å². The summed E-state index contributed by atoms with van der Waals surface area (Å²) in [5, 5.41) is 13.9. The van der Waals surface area contributed by atoms with Gasteiger partial charge in [0.05, 0.1) is 11.5 Å². The largest absolute Gasteiger partial charge is 0.383 e. The van der Waals surface area contributed by atoms with Gasteiger partial charge in [-0.3, -0.25) is 10.1 Å². The van der Waals surface area contributed by atoms with Gasteiger partial charge in [0, 0.05) is 37.8 Å². The van der Waals surface area contributed by atoms with Crippen molar-refractivity contribution in [1.82, 2.24) is 10.0 Å². The van der Waals surface area contributed by atoms with Crippen LogP contribution in [0.1, 0.15) is 0 Å². The molecule has 0 aromatic heterocycles. The van der Waals surface area contributed by atoms with Crippen LogP contribution in [0.2, 0.25) is 5.02 Å². The molecule has 0 radical (unpaired) electrons.